The summed E-state index contributed by atoms with van der Waals surface area (Å²) in [5.74, 6) is 3.96. The van der Waals surface area contributed by atoms with Crippen LogP contribution in [0.2, 0.25) is 0 Å². The van der Waals surface area contributed by atoms with Gasteiger partial charge in [-0.3, -0.25) is 4.99 Å². The van der Waals surface area contributed by atoms with Gasteiger partial charge in [0.1, 0.15) is 11.4 Å². The van der Waals surface area contributed by atoms with E-state index < -0.39 is 16.3 Å². The Labute approximate surface area is 430 Å². The first kappa shape index (κ1) is 53.3. The monoisotopic (exact) mass is 1140 g/mol. The summed E-state index contributed by atoms with van der Waals surface area (Å²) < 4.78 is 15.5. The molecule has 0 aliphatic carbocycles. The number of aromatic hydroxyl groups is 1. The summed E-state index contributed by atoms with van der Waals surface area (Å²) >= 11 is 11.7. The molecule has 1 atom stereocenters. The topological polar surface area (TPSA) is 107 Å². The van der Waals surface area contributed by atoms with Crippen molar-refractivity contribution in [3.63, 3.8) is 0 Å². The molecule has 0 fully saturated rings. The van der Waals surface area contributed by atoms with E-state index in [2.05, 4.69) is 73.9 Å². The first-order chi connectivity index (χ1) is 32.3. The smallest absolute Gasteiger partial charge is 0.152 e. The molecule has 8 nitrogen and oxygen atoms in total. The standard InChI is InChI=1S/C43H35FN6OS3.C9H11NS.C2H6.W/c1-24-9-20-37(38(52)21-24)48-47-36-8-6-7-32-27(4)41(35(44)22-34(32)36)49-45-28-12-16-30(17-13-28)54(5)31-18-14-29(15-19-31)46-50-42-39(53)23-33-25(2)10-11-26(3)40(33)43(42)51;1-7-4-5-8(10-2)9(6-7)11-3;1-2;/h6-23,51-53H,5H2,1-4H3;4-6H,2H2,1,3H3;1-2H3;/p-1. The van der Waals surface area contributed by atoms with Crippen LogP contribution in [0.1, 0.15) is 41.7 Å². The van der Waals surface area contributed by atoms with Crippen LogP contribution in [0.15, 0.2) is 188 Å². The predicted octanol–water partition coefficient (Wildman–Crippen LogP) is 18.7. The van der Waals surface area contributed by atoms with Crippen LogP contribution in [0.5, 0.6) is 5.75 Å². The number of aliphatic imine (C=N–C) groups is 1. The van der Waals surface area contributed by atoms with Crippen LogP contribution in [-0.2, 0) is 33.7 Å². The zero-order chi connectivity index (χ0) is 48.4. The summed E-state index contributed by atoms with van der Waals surface area (Å²) in [6.07, 6.45) is 2.05. The summed E-state index contributed by atoms with van der Waals surface area (Å²) in [5.41, 5.74) is 8.76. The molecule has 0 aliphatic rings. The maximum absolute atomic E-state index is 15.5. The molecule has 346 valence electrons. The number of hydrogen-bond donors (Lipinski definition) is 2. The molecular formula is C54H51FN7OS4W-. The summed E-state index contributed by atoms with van der Waals surface area (Å²) in [6, 6.07) is 39.9. The van der Waals surface area contributed by atoms with Gasteiger partial charge in [0.2, 0.25) is 0 Å². The van der Waals surface area contributed by atoms with E-state index in [9.17, 15) is 5.11 Å². The Morgan fingerprint density at radius 2 is 1.18 bits per heavy atom. The second-order valence-electron chi connectivity index (χ2n) is 15.2. The van der Waals surface area contributed by atoms with Crippen molar-refractivity contribution in [2.45, 2.75) is 72.9 Å². The van der Waals surface area contributed by atoms with E-state index in [1.807, 2.05) is 157 Å². The number of rotatable bonds is 10. The molecule has 0 aromatic heterocycles. The molecular weight excluding hydrogens is 1090 g/mol. The minimum Gasteiger partial charge on any atom is -0.778 e. The minimum atomic E-state index is -0.505. The van der Waals surface area contributed by atoms with Gasteiger partial charge < -0.3 is 17.7 Å². The van der Waals surface area contributed by atoms with Gasteiger partial charge in [-0.25, -0.2) is 4.39 Å². The Balaban J connectivity index is 0.000000539. The summed E-state index contributed by atoms with van der Waals surface area (Å²) in [5, 5.41) is 40.3. The van der Waals surface area contributed by atoms with Gasteiger partial charge in [-0.2, -0.15) is 15.3 Å². The predicted molar refractivity (Wildman–Crippen MR) is 288 cm³/mol. The maximum Gasteiger partial charge on any atom is 0.152 e. The number of benzene rings is 8. The van der Waals surface area contributed by atoms with Crippen LogP contribution in [0, 0.1) is 40.4 Å². The van der Waals surface area contributed by atoms with E-state index in [-0.39, 0.29) is 32.5 Å². The average Bonchev–Trinajstić information content (AvgIpc) is 3.33. The second-order valence-corrected chi connectivity index (χ2v) is 18.7. The molecule has 0 spiro atoms. The number of aryl methyl sites for hydroxylation is 5. The largest absolute Gasteiger partial charge is 0.778 e. The van der Waals surface area contributed by atoms with E-state index >= 15 is 4.39 Å². The molecule has 8 rings (SSSR count). The van der Waals surface area contributed by atoms with Crippen LogP contribution in [0.4, 0.5) is 44.2 Å². The molecule has 0 saturated heterocycles. The third kappa shape index (κ3) is 12.5. The third-order valence-electron chi connectivity index (χ3n) is 10.7. The van der Waals surface area contributed by atoms with E-state index in [0.717, 1.165) is 48.3 Å². The molecule has 68 heavy (non-hydrogen) atoms. The van der Waals surface area contributed by atoms with Crippen LogP contribution in [0.3, 0.4) is 0 Å². The number of fused-ring (bicyclic) bond motifs is 2. The van der Waals surface area contributed by atoms with Gasteiger partial charge >= 0.3 is 0 Å². The molecule has 0 amide bonds. The van der Waals surface area contributed by atoms with E-state index in [1.54, 1.807) is 17.8 Å². The van der Waals surface area contributed by atoms with E-state index in [0.29, 0.717) is 49.2 Å². The van der Waals surface area contributed by atoms with Crippen molar-refractivity contribution in [3.05, 3.63) is 161 Å². The van der Waals surface area contributed by atoms with Gasteiger partial charge in [0, 0.05) is 51.4 Å². The molecule has 0 aliphatic heterocycles. The molecule has 1 N–H and O–H groups in total. The van der Waals surface area contributed by atoms with Crippen LogP contribution in [-0.4, -0.2) is 24.0 Å². The quantitative estimate of drug-likeness (QED) is 0.0356. The molecule has 14 heteroatoms. The van der Waals surface area contributed by atoms with Gasteiger partial charge in [-0.1, -0.05) is 67.7 Å². The Hall–Kier alpha value is -5.69. The minimum absolute atomic E-state index is 0. The Morgan fingerprint density at radius 1 is 0.618 bits per heavy atom. The number of phenols is 1. The molecule has 0 heterocycles. The first-order valence-corrected chi connectivity index (χ1v) is 24.8. The van der Waals surface area contributed by atoms with Crippen molar-refractivity contribution in [2.75, 3.05) is 6.26 Å². The number of azo groups is 3. The molecule has 1 unspecified atom stereocenters. The molecule has 0 radical (unpaired) electrons. The van der Waals surface area contributed by atoms with Gasteiger partial charge in [0.25, 0.3) is 0 Å². The van der Waals surface area contributed by atoms with E-state index in [1.165, 1.54) is 16.5 Å². The Kier molecular flexibility index (Phi) is 19.2. The normalized spacial score (nSPS) is 11.6. The maximum atomic E-state index is 15.5. The van der Waals surface area contributed by atoms with E-state index in [4.69, 9.17) is 12.6 Å². The number of hydrogen-bond acceptors (Lipinski definition) is 11. The van der Waals surface area contributed by atoms with Crippen molar-refractivity contribution < 1.29 is 30.6 Å². The van der Waals surface area contributed by atoms with Crippen molar-refractivity contribution >= 4 is 121 Å². The fraction of sp³-hybridized carbons (Fsp3) is 0.148. The summed E-state index contributed by atoms with van der Waals surface area (Å²) in [4.78, 5) is 8.27. The number of nitrogens with zero attached hydrogens (tertiary/aromatic N) is 7. The van der Waals surface area contributed by atoms with Crippen molar-refractivity contribution in [2.24, 2.45) is 35.7 Å². The number of halogens is 1. The second kappa shape index (κ2) is 24.5. The molecule has 0 bridgehead atoms. The number of phenolic OH excluding ortho intramolecular Hbond substituents is 1. The first-order valence-electron chi connectivity index (χ1n) is 21.3. The average molecular weight is 1150 g/mol. The summed E-state index contributed by atoms with van der Waals surface area (Å²) in [7, 11) is -0.492. The summed E-state index contributed by atoms with van der Waals surface area (Å²) in [6.45, 7) is 17.3. The molecule has 0 saturated carbocycles. The van der Waals surface area contributed by atoms with Crippen LogP contribution >= 0.6 is 34.9 Å². The molecule has 8 aromatic rings. The van der Waals surface area contributed by atoms with Gasteiger partial charge in [-0.05, 0) is 166 Å². The van der Waals surface area contributed by atoms with Crippen molar-refractivity contribution in [3.8, 4) is 5.75 Å². The Morgan fingerprint density at radius 3 is 1.76 bits per heavy atom. The Bertz CT molecular complexity index is 3230. The third-order valence-corrected chi connectivity index (χ3v) is 13.8. The van der Waals surface area contributed by atoms with Crippen molar-refractivity contribution in [1.82, 2.24) is 0 Å². The number of thiol groups is 1. The zero-order valence-corrected chi connectivity index (χ0v) is 45.4. The van der Waals surface area contributed by atoms with Gasteiger partial charge in [0.05, 0.1) is 28.4 Å². The fourth-order valence-corrected chi connectivity index (χ4v) is 9.47. The van der Waals surface area contributed by atoms with Crippen molar-refractivity contribution in [1.29, 1.82) is 0 Å². The molecule has 8 aromatic carbocycles. The fourth-order valence-electron chi connectivity index (χ4n) is 7.05. The van der Waals surface area contributed by atoms with Crippen LogP contribution in [0.25, 0.3) is 21.5 Å². The van der Waals surface area contributed by atoms with Gasteiger partial charge in [0.15, 0.2) is 11.6 Å². The SMILES string of the molecule is C=Nc1ccc(C)cc1SC.C=S(c1ccc(N=Nc2c(F)cc3c(N=Nc4ccc(C)cc4[S-])cccc3c2C)cc1)c1ccc(N=Nc2c(S)cc3c(C)ccc(C)c3c2O)cc1.CC.[W]. The number of thioether (sulfide) groups is 1. The van der Waals surface area contributed by atoms with Crippen LogP contribution < -0.4 is 0 Å². The van der Waals surface area contributed by atoms with Gasteiger partial charge in [-0.15, -0.1) is 55.1 Å². The zero-order valence-electron chi connectivity index (χ0n) is 39.1.